The van der Waals surface area contributed by atoms with Gasteiger partial charge in [0.25, 0.3) is 0 Å². The van der Waals surface area contributed by atoms with E-state index in [0.29, 0.717) is 5.56 Å². The molecule has 0 aliphatic heterocycles. The largest absolute Gasteiger partial charge is 0.289 e. The predicted molar refractivity (Wildman–Crippen MR) is 101 cm³/mol. The molecule has 2 rings (SSSR count). The third-order valence-corrected chi connectivity index (χ3v) is 7.00. The standard InChI is InChI=1S/C16H11Br3OS/c1-21-12-6-2-10(3-7-12)14(20)9-5-11-4-8-13(17)16(19)15(11)18/h2-9H,1H3/b9-5+. The van der Waals surface area contributed by atoms with Crippen LogP contribution in [0, 0.1) is 0 Å². The van der Waals surface area contributed by atoms with Crippen molar-refractivity contribution >= 4 is 71.4 Å². The van der Waals surface area contributed by atoms with Gasteiger partial charge in [-0.05, 0) is 102 Å². The van der Waals surface area contributed by atoms with E-state index in [0.717, 1.165) is 23.9 Å². The number of hydrogen-bond donors (Lipinski definition) is 0. The van der Waals surface area contributed by atoms with Gasteiger partial charge in [-0.3, -0.25) is 4.79 Å². The zero-order valence-corrected chi connectivity index (χ0v) is 16.6. The number of carbonyl (C=O) groups excluding carboxylic acids is 1. The molecular weight excluding hydrogens is 480 g/mol. The van der Waals surface area contributed by atoms with Crippen LogP contribution in [-0.2, 0) is 0 Å². The van der Waals surface area contributed by atoms with Crippen molar-refractivity contribution in [3.8, 4) is 0 Å². The van der Waals surface area contributed by atoms with E-state index in [1.807, 2.05) is 48.7 Å². The lowest BCUT2D eigenvalue weighted by Gasteiger charge is -2.03. The first-order chi connectivity index (χ1) is 10.0. The number of rotatable bonds is 4. The Hall–Kier alpha value is -0.360. The second-order valence-corrected chi connectivity index (χ2v) is 7.51. The molecule has 0 unspecified atom stereocenters. The van der Waals surface area contributed by atoms with Crippen molar-refractivity contribution in [2.24, 2.45) is 0 Å². The molecule has 5 heteroatoms. The lowest BCUT2D eigenvalue weighted by molar-refractivity contribution is 0.104. The molecule has 0 spiro atoms. The quantitative estimate of drug-likeness (QED) is 0.208. The van der Waals surface area contributed by atoms with Crippen LogP contribution < -0.4 is 0 Å². The molecule has 0 saturated carbocycles. The lowest BCUT2D eigenvalue weighted by Crippen LogP contribution is -1.93. The molecule has 0 amide bonds. The molecular formula is C16H11Br3OS. The van der Waals surface area contributed by atoms with E-state index in [4.69, 9.17) is 0 Å². The average molecular weight is 491 g/mol. The Morgan fingerprint density at radius 3 is 2.29 bits per heavy atom. The van der Waals surface area contributed by atoms with Gasteiger partial charge < -0.3 is 0 Å². The van der Waals surface area contributed by atoms with E-state index >= 15 is 0 Å². The number of thioether (sulfide) groups is 1. The highest BCUT2D eigenvalue weighted by molar-refractivity contribution is 9.14. The van der Waals surface area contributed by atoms with Crippen molar-refractivity contribution in [1.82, 2.24) is 0 Å². The Morgan fingerprint density at radius 1 is 1.00 bits per heavy atom. The minimum Gasteiger partial charge on any atom is -0.289 e. The molecule has 108 valence electrons. The summed E-state index contributed by atoms with van der Waals surface area (Å²) in [5, 5.41) is 0. The number of hydrogen-bond acceptors (Lipinski definition) is 2. The molecule has 0 N–H and O–H groups in total. The van der Waals surface area contributed by atoms with Gasteiger partial charge >= 0.3 is 0 Å². The fraction of sp³-hybridized carbons (Fsp3) is 0.0625. The summed E-state index contributed by atoms with van der Waals surface area (Å²) < 4.78 is 2.81. The van der Waals surface area contributed by atoms with Crippen LogP contribution in [0.2, 0.25) is 0 Å². The Morgan fingerprint density at radius 2 is 1.67 bits per heavy atom. The van der Waals surface area contributed by atoms with Crippen molar-refractivity contribution in [3.05, 3.63) is 67.0 Å². The Kier molecular flexibility index (Phi) is 6.29. The van der Waals surface area contributed by atoms with Crippen LogP contribution in [0.5, 0.6) is 0 Å². The first kappa shape index (κ1) is 17.0. The third kappa shape index (κ3) is 4.31. The first-order valence-corrected chi connectivity index (χ1v) is 9.63. The third-order valence-electron chi connectivity index (χ3n) is 2.85. The van der Waals surface area contributed by atoms with Gasteiger partial charge in [0.2, 0.25) is 0 Å². The molecule has 0 aliphatic carbocycles. The summed E-state index contributed by atoms with van der Waals surface area (Å²) in [5.41, 5.74) is 1.63. The smallest absolute Gasteiger partial charge is 0.185 e. The summed E-state index contributed by atoms with van der Waals surface area (Å²) in [6.07, 6.45) is 5.42. The van der Waals surface area contributed by atoms with E-state index < -0.39 is 0 Å². The highest BCUT2D eigenvalue weighted by Gasteiger charge is 2.06. The molecule has 2 aromatic rings. The predicted octanol–water partition coefficient (Wildman–Crippen LogP) is 6.59. The van der Waals surface area contributed by atoms with Gasteiger partial charge in [-0.15, -0.1) is 11.8 Å². The maximum Gasteiger partial charge on any atom is 0.185 e. The Bertz CT molecular complexity index is 693. The maximum atomic E-state index is 12.2. The fourth-order valence-corrected chi connectivity index (χ4v) is 3.53. The van der Waals surface area contributed by atoms with Crippen LogP contribution >= 0.6 is 59.6 Å². The number of benzene rings is 2. The molecule has 2 aromatic carbocycles. The van der Waals surface area contributed by atoms with Gasteiger partial charge in [0, 0.05) is 23.9 Å². The highest BCUT2D eigenvalue weighted by Crippen LogP contribution is 2.34. The van der Waals surface area contributed by atoms with E-state index in [1.54, 1.807) is 17.8 Å². The van der Waals surface area contributed by atoms with Gasteiger partial charge in [-0.2, -0.15) is 0 Å². The van der Waals surface area contributed by atoms with Crippen LogP contribution in [0.3, 0.4) is 0 Å². The van der Waals surface area contributed by atoms with E-state index in [2.05, 4.69) is 47.8 Å². The molecule has 0 atom stereocenters. The Balaban J connectivity index is 2.20. The summed E-state index contributed by atoms with van der Waals surface area (Å²) in [4.78, 5) is 13.3. The van der Waals surface area contributed by atoms with E-state index in [9.17, 15) is 4.79 Å². The zero-order valence-electron chi connectivity index (χ0n) is 11.1. The topological polar surface area (TPSA) is 17.1 Å². The zero-order chi connectivity index (χ0) is 15.4. The van der Waals surface area contributed by atoms with Crippen LogP contribution in [0.4, 0.5) is 0 Å². The summed E-state index contributed by atoms with van der Waals surface area (Å²) in [7, 11) is 0. The van der Waals surface area contributed by atoms with Crippen molar-refractivity contribution in [3.63, 3.8) is 0 Å². The van der Waals surface area contributed by atoms with Crippen LogP contribution in [0.25, 0.3) is 6.08 Å². The van der Waals surface area contributed by atoms with Crippen molar-refractivity contribution in [2.75, 3.05) is 6.26 Å². The summed E-state index contributed by atoms with van der Waals surface area (Å²) in [6.45, 7) is 0. The molecule has 0 radical (unpaired) electrons. The molecule has 0 fully saturated rings. The molecule has 0 heterocycles. The second kappa shape index (κ2) is 7.77. The summed E-state index contributed by atoms with van der Waals surface area (Å²) in [5.74, 6) is -0.00593. The van der Waals surface area contributed by atoms with Crippen LogP contribution in [0.15, 0.2) is 60.8 Å². The number of carbonyl (C=O) groups is 1. The fourth-order valence-electron chi connectivity index (χ4n) is 1.69. The first-order valence-electron chi connectivity index (χ1n) is 6.03. The Labute approximate surface area is 153 Å². The lowest BCUT2D eigenvalue weighted by atomic mass is 10.1. The second-order valence-electron chi connectivity index (χ2n) is 4.19. The number of allylic oxidation sites excluding steroid dienone is 1. The van der Waals surface area contributed by atoms with Crippen molar-refractivity contribution in [2.45, 2.75) is 4.90 Å². The summed E-state index contributed by atoms with van der Waals surface area (Å²) >= 11 is 12.1. The molecule has 0 saturated heterocycles. The molecule has 0 aromatic heterocycles. The van der Waals surface area contributed by atoms with E-state index in [-0.39, 0.29) is 5.78 Å². The van der Waals surface area contributed by atoms with Crippen LogP contribution in [-0.4, -0.2) is 12.0 Å². The minimum atomic E-state index is -0.00593. The maximum absolute atomic E-state index is 12.2. The molecule has 0 aliphatic rings. The van der Waals surface area contributed by atoms with Crippen LogP contribution in [0.1, 0.15) is 15.9 Å². The highest BCUT2D eigenvalue weighted by atomic mass is 79.9. The van der Waals surface area contributed by atoms with Gasteiger partial charge in [0.05, 0.1) is 0 Å². The van der Waals surface area contributed by atoms with E-state index in [1.165, 1.54) is 0 Å². The number of ketones is 1. The monoisotopic (exact) mass is 488 g/mol. The number of halogens is 3. The van der Waals surface area contributed by atoms with Crippen molar-refractivity contribution < 1.29 is 4.79 Å². The minimum absolute atomic E-state index is 0.00593. The average Bonchev–Trinajstić information content (AvgIpc) is 2.52. The molecule has 21 heavy (non-hydrogen) atoms. The normalized spacial score (nSPS) is 11.0. The van der Waals surface area contributed by atoms with Gasteiger partial charge in [0.15, 0.2) is 5.78 Å². The van der Waals surface area contributed by atoms with Gasteiger partial charge in [-0.25, -0.2) is 0 Å². The SMILES string of the molecule is CSc1ccc(C(=O)/C=C/c2ccc(Br)c(Br)c2Br)cc1. The van der Waals surface area contributed by atoms with Crippen molar-refractivity contribution in [1.29, 1.82) is 0 Å². The van der Waals surface area contributed by atoms with Gasteiger partial charge in [-0.1, -0.05) is 6.07 Å². The summed E-state index contributed by atoms with van der Waals surface area (Å²) in [6, 6.07) is 11.5. The molecule has 0 bridgehead atoms. The molecule has 1 nitrogen and oxygen atoms in total. The van der Waals surface area contributed by atoms with Gasteiger partial charge in [0.1, 0.15) is 0 Å².